The molecular weight excluding hydrogens is 414 g/mol. The third kappa shape index (κ3) is 4.46. The van der Waals surface area contributed by atoms with Crippen molar-refractivity contribution >= 4 is 15.9 Å². The highest BCUT2D eigenvalue weighted by Gasteiger charge is 2.43. The highest BCUT2D eigenvalue weighted by Crippen LogP contribution is 2.36. The summed E-state index contributed by atoms with van der Waals surface area (Å²) in [5, 5.41) is 0. The van der Waals surface area contributed by atoms with E-state index < -0.39 is 16.2 Å². The minimum atomic E-state index is -3.77. The van der Waals surface area contributed by atoms with Gasteiger partial charge in [0.1, 0.15) is 11.9 Å². The third-order valence-corrected chi connectivity index (χ3v) is 7.92. The van der Waals surface area contributed by atoms with Gasteiger partial charge in [0.15, 0.2) is 0 Å². The van der Waals surface area contributed by atoms with Crippen LogP contribution >= 0.6 is 0 Å². The maximum atomic E-state index is 13.5. The molecule has 0 spiro atoms. The van der Waals surface area contributed by atoms with Crippen LogP contribution in [0.4, 0.5) is 0 Å². The summed E-state index contributed by atoms with van der Waals surface area (Å²) in [5.41, 5.74) is 1.75. The number of carbonyl (C=O) groups excluding carboxylic acids is 1. The van der Waals surface area contributed by atoms with E-state index in [1.54, 1.807) is 48.4 Å². The van der Waals surface area contributed by atoms with Crippen molar-refractivity contribution in [1.82, 2.24) is 14.1 Å². The van der Waals surface area contributed by atoms with Gasteiger partial charge < -0.3 is 9.64 Å². The lowest BCUT2D eigenvalue weighted by molar-refractivity contribution is -0.134. The molecule has 0 saturated carbocycles. The van der Waals surface area contributed by atoms with Crippen LogP contribution in [0.25, 0.3) is 0 Å². The number of sulfonamides is 1. The second kappa shape index (κ2) is 8.98. The van der Waals surface area contributed by atoms with E-state index in [4.69, 9.17) is 4.74 Å². The predicted molar refractivity (Wildman–Crippen MR) is 118 cm³/mol. The molecule has 2 aliphatic rings. The van der Waals surface area contributed by atoms with Gasteiger partial charge in [-0.15, -0.1) is 0 Å². The van der Waals surface area contributed by atoms with Gasteiger partial charge in [0.2, 0.25) is 15.9 Å². The van der Waals surface area contributed by atoms with E-state index in [9.17, 15) is 13.2 Å². The Morgan fingerprint density at radius 2 is 1.61 bits per heavy atom. The summed E-state index contributed by atoms with van der Waals surface area (Å²) in [6, 6.07) is 14.1. The van der Waals surface area contributed by atoms with Crippen LogP contribution in [-0.2, 0) is 14.8 Å². The van der Waals surface area contributed by atoms with Crippen LogP contribution in [0.5, 0.6) is 5.75 Å². The Hall–Kier alpha value is -2.42. The van der Waals surface area contributed by atoms with Crippen molar-refractivity contribution in [1.29, 1.82) is 0 Å². The summed E-state index contributed by atoms with van der Waals surface area (Å²) in [6.45, 7) is 4.71. The van der Waals surface area contributed by atoms with Gasteiger partial charge in [0, 0.05) is 13.1 Å². The smallest absolute Gasteiger partial charge is 0.245 e. The maximum absolute atomic E-state index is 13.5. The van der Waals surface area contributed by atoms with Gasteiger partial charge in [0.25, 0.3) is 0 Å². The maximum Gasteiger partial charge on any atom is 0.245 e. The molecular formula is C23H29N3O4S. The van der Waals surface area contributed by atoms with Crippen molar-refractivity contribution in [3.8, 4) is 5.75 Å². The molecule has 0 radical (unpaired) electrons. The number of likely N-dealkylation sites (tertiary alicyclic amines) is 1. The molecule has 166 valence electrons. The van der Waals surface area contributed by atoms with Crippen molar-refractivity contribution in [3.63, 3.8) is 0 Å². The lowest BCUT2D eigenvalue weighted by Crippen LogP contribution is -2.42. The molecule has 4 rings (SSSR count). The minimum Gasteiger partial charge on any atom is -0.497 e. The van der Waals surface area contributed by atoms with Crippen LogP contribution in [0, 0.1) is 6.92 Å². The van der Waals surface area contributed by atoms with Crippen molar-refractivity contribution in [3.05, 3.63) is 59.7 Å². The van der Waals surface area contributed by atoms with E-state index >= 15 is 0 Å². The average Bonchev–Trinajstić information content (AvgIpc) is 3.44. The number of ether oxygens (including phenoxy) is 1. The first-order chi connectivity index (χ1) is 14.9. The van der Waals surface area contributed by atoms with Gasteiger partial charge in [-0.25, -0.2) is 8.42 Å². The number of nitrogens with zero attached hydrogens (tertiary/aromatic N) is 3. The monoisotopic (exact) mass is 443 g/mol. The molecule has 2 heterocycles. The first-order valence-electron chi connectivity index (χ1n) is 10.6. The fraction of sp³-hybridized carbons (Fsp3) is 0.435. The SMILES string of the molecule is COc1ccc(C2N(C(=O)CN3CCCC3)CCN2S(=O)(=O)c2ccc(C)cc2)cc1. The second-order valence-electron chi connectivity index (χ2n) is 8.15. The highest BCUT2D eigenvalue weighted by molar-refractivity contribution is 7.89. The van der Waals surface area contributed by atoms with Crippen molar-refractivity contribution in [2.24, 2.45) is 0 Å². The topological polar surface area (TPSA) is 70.2 Å². The third-order valence-electron chi connectivity index (χ3n) is 6.05. The Morgan fingerprint density at radius 1 is 0.968 bits per heavy atom. The first kappa shape index (κ1) is 21.8. The fourth-order valence-corrected chi connectivity index (χ4v) is 5.88. The van der Waals surface area contributed by atoms with Crippen LogP contribution in [0.2, 0.25) is 0 Å². The molecule has 31 heavy (non-hydrogen) atoms. The Morgan fingerprint density at radius 3 is 2.23 bits per heavy atom. The molecule has 2 fully saturated rings. The zero-order valence-electron chi connectivity index (χ0n) is 18.0. The summed E-state index contributed by atoms with van der Waals surface area (Å²) >= 11 is 0. The quantitative estimate of drug-likeness (QED) is 0.687. The molecule has 0 bridgehead atoms. The van der Waals surface area contributed by atoms with Crippen LogP contribution in [-0.4, -0.2) is 68.3 Å². The standard InChI is InChI=1S/C23H29N3O4S/c1-18-5-11-21(12-6-18)31(28,29)26-16-15-25(22(27)17-24-13-3-4-14-24)23(26)19-7-9-20(30-2)10-8-19/h5-12,23H,3-4,13-17H2,1-2H3. The first-order valence-corrected chi connectivity index (χ1v) is 12.1. The number of hydrogen-bond acceptors (Lipinski definition) is 5. The molecule has 8 heteroatoms. The number of benzene rings is 2. The van der Waals surface area contributed by atoms with E-state index in [1.807, 2.05) is 19.1 Å². The van der Waals surface area contributed by atoms with Crippen LogP contribution in [0.1, 0.15) is 30.1 Å². The van der Waals surface area contributed by atoms with E-state index in [-0.39, 0.29) is 17.3 Å². The van der Waals surface area contributed by atoms with Gasteiger partial charge in [-0.3, -0.25) is 9.69 Å². The Kier molecular flexibility index (Phi) is 6.31. The highest BCUT2D eigenvalue weighted by atomic mass is 32.2. The molecule has 7 nitrogen and oxygen atoms in total. The lowest BCUT2D eigenvalue weighted by atomic mass is 10.1. The Balaban J connectivity index is 1.67. The molecule has 2 aliphatic heterocycles. The Labute approximate surface area is 184 Å². The molecule has 0 N–H and O–H groups in total. The molecule has 0 aromatic heterocycles. The fourth-order valence-electron chi connectivity index (χ4n) is 4.31. The Bertz CT molecular complexity index is 1020. The van der Waals surface area contributed by atoms with Crippen molar-refractivity contribution in [2.45, 2.75) is 30.8 Å². The van der Waals surface area contributed by atoms with Gasteiger partial charge in [-0.05, 0) is 62.7 Å². The number of rotatable bonds is 6. The summed E-state index contributed by atoms with van der Waals surface area (Å²) in [7, 11) is -2.18. The average molecular weight is 444 g/mol. The predicted octanol–water partition coefficient (Wildman–Crippen LogP) is 2.63. The summed E-state index contributed by atoms with van der Waals surface area (Å²) in [4.78, 5) is 17.3. The van der Waals surface area contributed by atoms with Crippen LogP contribution in [0.3, 0.4) is 0 Å². The van der Waals surface area contributed by atoms with Gasteiger partial charge in [-0.2, -0.15) is 4.31 Å². The number of methoxy groups -OCH3 is 1. The van der Waals surface area contributed by atoms with E-state index in [2.05, 4.69) is 4.90 Å². The van der Waals surface area contributed by atoms with Crippen molar-refractivity contribution < 1.29 is 17.9 Å². The van der Waals surface area contributed by atoms with E-state index in [0.717, 1.165) is 37.1 Å². The van der Waals surface area contributed by atoms with E-state index in [0.29, 0.717) is 18.8 Å². The van der Waals surface area contributed by atoms with Gasteiger partial charge in [0.05, 0.1) is 18.6 Å². The van der Waals surface area contributed by atoms with Crippen molar-refractivity contribution in [2.75, 3.05) is 39.8 Å². The molecule has 1 atom stereocenters. The molecule has 0 aliphatic carbocycles. The zero-order chi connectivity index (χ0) is 22.0. The molecule has 2 saturated heterocycles. The van der Waals surface area contributed by atoms with Crippen LogP contribution in [0.15, 0.2) is 53.4 Å². The number of aryl methyl sites for hydroxylation is 1. The molecule has 1 amide bonds. The largest absolute Gasteiger partial charge is 0.497 e. The van der Waals surface area contributed by atoms with Gasteiger partial charge >= 0.3 is 0 Å². The summed E-state index contributed by atoms with van der Waals surface area (Å²) in [5.74, 6) is 0.647. The number of carbonyl (C=O) groups is 1. The van der Waals surface area contributed by atoms with E-state index in [1.165, 1.54) is 4.31 Å². The zero-order valence-corrected chi connectivity index (χ0v) is 18.8. The van der Waals surface area contributed by atoms with Gasteiger partial charge in [-0.1, -0.05) is 29.8 Å². The van der Waals surface area contributed by atoms with Crippen LogP contribution < -0.4 is 4.74 Å². The summed E-state index contributed by atoms with van der Waals surface area (Å²) in [6.07, 6.45) is 1.53. The second-order valence-corrected chi connectivity index (χ2v) is 10.0. The molecule has 2 aromatic rings. The molecule has 2 aromatic carbocycles. The number of amides is 1. The lowest BCUT2D eigenvalue weighted by Gasteiger charge is -2.31. The summed E-state index contributed by atoms with van der Waals surface area (Å²) < 4.78 is 33.7. The molecule has 1 unspecified atom stereocenters. The minimum absolute atomic E-state index is 0.0377. The normalized spacial score (nSPS) is 20.3. The number of hydrogen-bond donors (Lipinski definition) is 0.